The molecule has 0 unspecified atom stereocenters. The lowest BCUT2D eigenvalue weighted by Crippen LogP contribution is -2.50. The maximum absolute atomic E-state index is 5.33. The summed E-state index contributed by atoms with van der Waals surface area (Å²) < 4.78 is 0. The van der Waals surface area contributed by atoms with E-state index < -0.39 is 0 Å². The van der Waals surface area contributed by atoms with Gasteiger partial charge in [0.05, 0.1) is 0 Å². The molecule has 1 fully saturated rings. The average Bonchev–Trinajstić information content (AvgIpc) is 2.49. The Kier molecular flexibility index (Phi) is 5.14. The molecular weight excluding hydrogens is 184 g/mol. The lowest BCUT2D eigenvalue weighted by Gasteiger charge is -2.35. The summed E-state index contributed by atoms with van der Waals surface area (Å²) in [5.74, 6) is 2.74. The van der Waals surface area contributed by atoms with Crippen LogP contribution in [0.1, 0.15) is 39.5 Å². The van der Waals surface area contributed by atoms with Crippen LogP contribution in [0.5, 0.6) is 0 Å². The van der Waals surface area contributed by atoms with E-state index in [0.29, 0.717) is 5.54 Å². The van der Waals surface area contributed by atoms with Crippen molar-refractivity contribution >= 4 is 0 Å². The molecule has 0 saturated carbocycles. The molecule has 0 bridgehead atoms. The maximum atomic E-state index is 5.33. The predicted molar refractivity (Wildman–Crippen MR) is 65.8 cm³/mol. The Labute approximate surface area is 94.4 Å². The summed E-state index contributed by atoms with van der Waals surface area (Å²) in [7, 11) is 0. The molecule has 1 aliphatic rings. The van der Waals surface area contributed by atoms with Gasteiger partial charge in [-0.25, -0.2) is 0 Å². The molecule has 0 amide bonds. The van der Waals surface area contributed by atoms with Gasteiger partial charge in [0, 0.05) is 25.0 Å². The Morgan fingerprint density at radius 1 is 1.40 bits per heavy atom. The van der Waals surface area contributed by atoms with Crippen LogP contribution in [-0.2, 0) is 0 Å². The summed E-state index contributed by atoms with van der Waals surface area (Å²) in [4.78, 5) is 2.52. The van der Waals surface area contributed by atoms with Crippen LogP contribution in [0.3, 0.4) is 0 Å². The van der Waals surface area contributed by atoms with Gasteiger partial charge in [0.1, 0.15) is 0 Å². The zero-order valence-electron chi connectivity index (χ0n) is 10.2. The third-order valence-corrected chi connectivity index (χ3v) is 3.60. The number of hydrogen-bond donors (Lipinski definition) is 1. The Hall–Kier alpha value is -0.520. The van der Waals surface area contributed by atoms with Gasteiger partial charge < -0.3 is 10.2 Å². The van der Waals surface area contributed by atoms with E-state index in [-0.39, 0.29) is 0 Å². The highest BCUT2D eigenvalue weighted by Crippen LogP contribution is 2.19. The molecule has 0 aromatic heterocycles. The van der Waals surface area contributed by atoms with Crippen molar-refractivity contribution in [2.75, 3.05) is 26.2 Å². The largest absolute Gasteiger partial charge is 0.310 e. The van der Waals surface area contributed by atoms with E-state index in [1.54, 1.807) is 0 Å². The molecule has 86 valence electrons. The van der Waals surface area contributed by atoms with Crippen molar-refractivity contribution in [3.8, 4) is 12.3 Å². The summed E-state index contributed by atoms with van der Waals surface area (Å²) in [6, 6.07) is 0. The van der Waals surface area contributed by atoms with Crippen LogP contribution < -0.4 is 5.32 Å². The van der Waals surface area contributed by atoms with Crippen LogP contribution in [0.15, 0.2) is 0 Å². The molecular formula is C13H24N2. The SMILES string of the molecule is C#CCCN1CCCNC(CC)(CC)C1. The van der Waals surface area contributed by atoms with Crippen LogP contribution in [0, 0.1) is 12.3 Å². The molecule has 1 heterocycles. The molecule has 0 aliphatic carbocycles. The second kappa shape index (κ2) is 6.15. The summed E-state index contributed by atoms with van der Waals surface area (Å²) in [5.41, 5.74) is 0.325. The fourth-order valence-electron chi connectivity index (χ4n) is 2.36. The predicted octanol–water partition coefficient (Wildman–Crippen LogP) is 1.86. The van der Waals surface area contributed by atoms with E-state index in [9.17, 15) is 0 Å². The molecule has 2 nitrogen and oxygen atoms in total. The van der Waals surface area contributed by atoms with E-state index in [1.165, 1.54) is 25.8 Å². The quantitative estimate of drug-likeness (QED) is 0.710. The highest BCUT2D eigenvalue weighted by molar-refractivity contribution is 4.92. The number of nitrogens with zero attached hydrogens (tertiary/aromatic N) is 1. The van der Waals surface area contributed by atoms with E-state index >= 15 is 0 Å². The molecule has 0 radical (unpaired) electrons. The lowest BCUT2D eigenvalue weighted by atomic mass is 9.92. The monoisotopic (exact) mass is 208 g/mol. The molecule has 0 aromatic carbocycles. The first-order valence-corrected chi connectivity index (χ1v) is 6.17. The fraction of sp³-hybridized carbons (Fsp3) is 0.846. The zero-order chi connectivity index (χ0) is 11.1. The average molecular weight is 208 g/mol. The first-order chi connectivity index (χ1) is 7.26. The Morgan fingerprint density at radius 2 is 2.13 bits per heavy atom. The topological polar surface area (TPSA) is 15.3 Å². The molecule has 1 aliphatic heterocycles. The number of rotatable bonds is 4. The van der Waals surface area contributed by atoms with Gasteiger partial charge in [-0.2, -0.15) is 0 Å². The van der Waals surface area contributed by atoms with E-state index in [0.717, 1.165) is 26.1 Å². The number of nitrogens with one attached hydrogen (secondary N) is 1. The minimum Gasteiger partial charge on any atom is -0.310 e. The summed E-state index contributed by atoms with van der Waals surface area (Å²) >= 11 is 0. The highest BCUT2D eigenvalue weighted by Gasteiger charge is 2.29. The van der Waals surface area contributed by atoms with Gasteiger partial charge in [0.15, 0.2) is 0 Å². The molecule has 1 rings (SSSR count). The van der Waals surface area contributed by atoms with Crippen molar-refractivity contribution in [2.45, 2.75) is 45.1 Å². The second-order valence-electron chi connectivity index (χ2n) is 4.50. The summed E-state index contributed by atoms with van der Waals surface area (Å²) in [6.45, 7) is 9.11. The molecule has 0 aromatic rings. The first kappa shape index (κ1) is 12.5. The molecule has 2 heteroatoms. The fourth-order valence-corrected chi connectivity index (χ4v) is 2.36. The van der Waals surface area contributed by atoms with Crippen LogP contribution in [0.4, 0.5) is 0 Å². The smallest absolute Gasteiger partial charge is 0.0303 e. The van der Waals surface area contributed by atoms with Gasteiger partial charge in [-0.15, -0.1) is 12.3 Å². The molecule has 0 atom stereocenters. The van der Waals surface area contributed by atoms with E-state index in [2.05, 4.69) is 30.0 Å². The Morgan fingerprint density at radius 3 is 2.73 bits per heavy atom. The third kappa shape index (κ3) is 3.52. The molecule has 0 spiro atoms. The first-order valence-electron chi connectivity index (χ1n) is 6.17. The minimum absolute atomic E-state index is 0.325. The van der Waals surface area contributed by atoms with Gasteiger partial charge >= 0.3 is 0 Å². The molecule has 1 N–H and O–H groups in total. The van der Waals surface area contributed by atoms with Gasteiger partial charge in [0.2, 0.25) is 0 Å². The van der Waals surface area contributed by atoms with Crippen LogP contribution >= 0.6 is 0 Å². The van der Waals surface area contributed by atoms with Gasteiger partial charge in [-0.3, -0.25) is 0 Å². The van der Waals surface area contributed by atoms with Crippen LogP contribution in [-0.4, -0.2) is 36.6 Å². The van der Waals surface area contributed by atoms with Crippen molar-refractivity contribution in [3.05, 3.63) is 0 Å². The van der Waals surface area contributed by atoms with Crippen molar-refractivity contribution in [1.29, 1.82) is 0 Å². The maximum Gasteiger partial charge on any atom is 0.0303 e. The zero-order valence-corrected chi connectivity index (χ0v) is 10.2. The normalized spacial score (nSPS) is 21.9. The number of terminal acetylenes is 1. The van der Waals surface area contributed by atoms with Crippen molar-refractivity contribution in [1.82, 2.24) is 10.2 Å². The Bertz CT molecular complexity index is 213. The highest BCUT2D eigenvalue weighted by atomic mass is 15.2. The molecule has 15 heavy (non-hydrogen) atoms. The lowest BCUT2D eigenvalue weighted by molar-refractivity contribution is 0.200. The van der Waals surface area contributed by atoms with Gasteiger partial charge in [0.25, 0.3) is 0 Å². The minimum atomic E-state index is 0.325. The van der Waals surface area contributed by atoms with E-state index in [4.69, 9.17) is 6.42 Å². The van der Waals surface area contributed by atoms with Gasteiger partial charge in [-0.1, -0.05) is 13.8 Å². The molecule has 1 saturated heterocycles. The van der Waals surface area contributed by atoms with Crippen LogP contribution in [0.2, 0.25) is 0 Å². The summed E-state index contributed by atoms with van der Waals surface area (Å²) in [6.07, 6.45) is 9.85. The summed E-state index contributed by atoms with van der Waals surface area (Å²) in [5, 5.41) is 3.71. The van der Waals surface area contributed by atoms with Crippen molar-refractivity contribution in [3.63, 3.8) is 0 Å². The van der Waals surface area contributed by atoms with Crippen molar-refractivity contribution in [2.24, 2.45) is 0 Å². The Balaban J connectivity index is 2.56. The van der Waals surface area contributed by atoms with Crippen molar-refractivity contribution < 1.29 is 0 Å². The standard InChI is InChI=1S/C13H24N2/c1-4-7-10-15-11-8-9-14-13(5-2,6-3)12-15/h1,14H,5-12H2,2-3H3. The van der Waals surface area contributed by atoms with Gasteiger partial charge in [-0.05, 0) is 32.4 Å². The van der Waals surface area contributed by atoms with E-state index in [1.807, 2.05) is 0 Å². The third-order valence-electron chi connectivity index (χ3n) is 3.60. The second-order valence-corrected chi connectivity index (χ2v) is 4.50. The number of hydrogen-bond acceptors (Lipinski definition) is 2. The van der Waals surface area contributed by atoms with Crippen LogP contribution in [0.25, 0.3) is 0 Å².